The molecule has 0 saturated heterocycles. The number of ketones is 1. The van der Waals surface area contributed by atoms with Gasteiger partial charge in [0.2, 0.25) is 11.8 Å². The Bertz CT molecular complexity index is 1360. The van der Waals surface area contributed by atoms with Gasteiger partial charge in [0, 0.05) is 17.4 Å². The first kappa shape index (κ1) is 27.2. The highest BCUT2D eigenvalue weighted by molar-refractivity contribution is 6.31. The van der Waals surface area contributed by atoms with Gasteiger partial charge in [-0.1, -0.05) is 54.1 Å². The molecule has 3 aromatic carbocycles. The zero-order valence-corrected chi connectivity index (χ0v) is 22.0. The average molecular weight is 537 g/mol. The third-order valence-electron chi connectivity index (χ3n) is 6.83. The molecule has 1 aliphatic carbocycles. The first-order valence-electron chi connectivity index (χ1n) is 12.0. The number of aliphatic hydroxyl groups is 1. The number of carbonyl (C=O) groups is 3. The van der Waals surface area contributed by atoms with Crippen molar-refractivity contribution in [3.8, 4) is 11.5 Å². The van der Waals surface area contributed by atoms with Gasteiger partial charge in [0.15, 0.2) is 0 Å². The van der Waals surface area contributed by atoms with E-state index in [2.05, 4.69) is 10.6 Å². The van der Waals surface area contributed by atoms with E-state index in [1.807, 2.05) is 0 Å². The van der Waals surface area contributed by atoms with Crippen LogP contribution in [0.2, 0.25) is 5.02 Å². The molecular formula is C29H29ClN2O6. The maximum atomic E-state index is 13.8. The van der Waals surface area contributed by atoms with E-state index in [-0.39, 0.29) is 5.02 Å². The summed E-state index contributed by atoms with van der Waals surface area (Å²) in [5, 5.41) is 17.3. The minimum absolute atomic E-state index is 0.271. The molecule has 9 heteroatoms. The number of rotatable bonds is 7. The zero-order valence-electron chi connectivity index (χ0n) is 21.2. The third kappa shape index (κ3) is 5.37. The van der Waals surface area contributed by atoms with Crippen LogP contribution in [0.4, 0.5) is 11.4 Å². The summed E-state index contributed by atoms with van der Waals surface area (Å²) in [6, 6.07) is 20.3. The number of ether oxygens (including phenoxy) is 2. The summed E-state index contributed by atoms with van der Waals surface area (Å²) in [6.07, 6.45) is -0.401. The van der Waals surface area contributed by atoms with Gasteiger partial charge in [-0.3, -0.25) is 14.4 Å². The number of anilines is 2. The van der Waals surface area contributed by atoms with Gasteiger partial charge in [-0.05, 0) is 42.8 Å². The summed E-state index contributed by atoms with van der Waals surface area (Å²) < 4.78 is 10.7. The Morgan fingerprint density at radius 2 is 1.37 bits per heavy atom. The Hall–Kier alpha value is -3.88. The van der Waals surface area contributed by atoms with Gasteiger partial charge < -0.3 is 25.2 Å². The number of hydrogen-bond acceptors (Lipinski definition) is 6. The highest BCUT2D eigenvalue weighted by Gasteiger charge is 2.56. The maximum absolute atomic E-state index is 13.8. The van der Waals surface area contributed by atoms with Crippen molar-refractivity contribution in [3.63, 3.8) is 0 Å². The second-order valence-electron chi connectivity index (χ2n) is 9.38. The smallest absolute Gasteiger partial charge is 0.235 e. The van der Waals surface area contributed by atoms with Gasteiger partial charge in [0.05, 0.1) is 37.1 Å². The van der Waals surface area contributed by atoms with Gasteiger partial charge in [-0.2, -0.15) is 0 Å². The number of para-hydroxylation sites is 4. The Morgan fingerprint density at radius 3 is 1.92 bits per heavy atom. The number of carbonyl (C=O) groups excluding carboxylic acids is 3. The summed E-state index contributed by atoms with van der Waals surface area (Å²) in [5.41, 5.74) is -0.602. The minimum atomic E-state index is -1.77. The van der Waals surface area contributed by atoms with Crippen molar-refractivity contribution in [1.29, 1.82) is 0 Å². The minimum Gasteiger partial charge on any atom is -0.495 e. The highest BCUT2D eigenvalue weighted by Crippen LogP contribution is 2.48. The van der Waals surface area contributed by atoms with E-state index in [0.29, 0.717) is 28.4 Å². The molecule has 4 rings (SSSR count). The number of nitrogens with one attached hydrogen (secondary N) is 2. The van der Waals surface area contributed by atoms with Crippen LogP contribution in [0.1, 0.15) is 24.8 Å². The van der Waals surface area contributed by atoms with Crippen LogP contribution < -0.4 is 20.1 Å². The van der Waals surface area contributed by atoms with E-state index >= 15 is 0 Å². The topological polar surface area (TPSA) is 114 Å². The van der Waals surface area contributed by atoms with Crippen molar-refractivity contribution in [2.45, 2.75) is 24.9 Å². The molecule has 1 aliphatic rings. The van der Waals surface area contributed by atoms with E-state index in [1.165, 1.54) is 21.1 Å². The van der Waals surface area contributed by atoms with Crippen LogP contribution in [0.5, 0.6) is 11.5 Å². The Balaban J connectivity index is 1.80. The maximum Gasteiger partial charge on any atom is 0.235 e. The normalized spacial score (nSPS) is 22.9. The summed E-state index contributed by atoms with van der Waals surface area (Å²) in [7, 11) is 2.95. The molecule has 4 unspecified atom stereocenters. The van der Waals surface area contributed by atoms with Crippen LogP contribution in [-0.4, -0.2) is 42.5 Å². The first-order chi connectivity index (χ1) is 18.2. The molecule has 0 heterocycles. The second-order valence-corrected chi connectivity index (χ2v) is 9.79. The molecule has 0 aromatic heterocycles. The molecule has 1 saturated carbocycles. The first-order valence-corrected chi connectivity index (χ1v) is 12.4. The molecule has 0 aliphatic heterocycles. The lowest BCUT2D eigenvalue weighted by Crippen LogP contribution is -2.56. The predicted molar refractivity (Wildman–Crippen MR) is 145 cm³/mol. The number of hydrogen-bond donors (Lipinski definition) is 3. The summed E-state index contributed by atoms with van der Waals surface area (Å²) >= 11 is 6.56. The van der Waals surface area contributed by atoms with Crippen molar-refractivity contribution in [1.82, 2.24) is 0 Å². The van der Waals surface area contributed by atoms with E-state index in [0.717, 1.165) is 0 Å². The summed E-state index contributed by atoms with van der Waals surface area (Å²) in [6.45, 7) is 1.43. The van der Waals surface area contributed by atoms with Crippen molar-refractivity contribution in [2.75, 3.05) is 24.9 Å². The van der Waals surface area contributed by atoms with Crippen molar-refractivity contribution < 1.29 is 29.0 Å². The predicted octanol–water partition coefficient (Wildman–Crippen LogP) is 4.67. The van der Waals surface area contributed by atoms with Crippen LogP contribution in [0.15, 0.2) is 72.8 Å². The fraction of sp³-hybridized carbons (Fsp3) is 0.276. The Morgan fingerprint density at radius 1 is 0.868 bits per heavy atom. The lowest BCUT2D eigenvalue weighted by atomic mass is 9.61. The number of Topliss-reactive ketones (excluding diaryl/α,β-unsaturated/α-hetero) is 1. The zero-order chi connectivity index (χ0) is 27.4. The van der Waals surface area contributed by atoms with Crippen molar-refractivity contribution in [2.24, 2.45) is 11.8 Å². The van der Waals surface area contributed by atoms with Gasteiger partial charge >= 0.3 is 0 Å². The number of methoxy groups -OCH3 is 2. The average Bonchev–Trinajstić information content (AvgIpc) is 2.88. The molecule has 3 aromatic rings. The highest BCUT2D eigenvalue weighted by atomic mass is 35.5. The monoisotopic (exact) mass is 536 g/mol. The fourth-order valence-corrected chi connectivity index (χ4v) is 5.39. The van der Waals surface area contributed by atoms with Crippen LogP contribution in [-0.2, 0) is 14.4 Å². The van der Waals surface area contributed by atoms with Crippen LogP contribution in [0.25, 0.3) is 0 Å². The molecule has 0 spiro atoms. The fourth-order valence-electron chi connectivity index (χ4n) is 5.13. The van der Waals surface area contributed by atoms with E-state index in [1.54, 1.807) is 72.8 Å². The molecule has 1 fully saturated rings. The van der Waals surface area contributed by atoms with Gasteiger partial charge in [-0.15, -0.1) is 0 Å². The van der Waals surface area contributed by atoms with Crippen LogP contribution in [0.3, 0.4) is 0 Å². The molecule has 4 atom stereocenters. The van der Waals surface area contributed by atoms with E-state index in [9.17, 15) is 19.5 Å². The standard InChI is InChI=1S/C29H29ClN2O6/c1-29(36)16-21(33)25(27(34)31-19-12-6-8-14-22(19)37-2)24(17-10-4-5-11-18(17)30)26(29)28(35)32-20-13-7-9-15-23(20)38-3/h4-15,24-26,36H,16H2,1-3H3,(H,31,34)(H,32,35). The molecule has 3 N–H and O–H groups in total. The SMILES string of the molecule is COc1ccccc1NC(=O)C1C(=O)CC(C)(O)C(C(=O)Nc2ccccc2OC)C1c1ccccc1Cl. The number of halogens is 1. The quantitative estimate of drug-likeness (QED) is 0.378. The van der Waals surface area contributed by atoms with E-state index in [4.69, 9.17) is 21.1 Å². The second kappa shape index (κ2) is 11.2. The largest absolute Gasteiger partial charge is 0.495 e. The molecule has 0 bridgehead atoms. The molecule has 38 heavy (non-hydrogen) atoms. The molecular weight excluding hydrogens is 508 g/mol. The van der Waals surface area contributed by atoms with E-state index < -0.39 is 47.4 Å². The Kier molecular flexibility index (Phi) is 8.04. The molecule has 0 radical (unpaired) electrons. The van der Waals surface area contributed by atoms with Crippen molar-refractivity contribution in [3.05, 3.63) is 83.4 Å². The molecule has 2 amide bonds. The molecule has 8 nitrogen and oxygen atoms in total. The lowest BCUT2D eigenvalue weighted by Gasteiger charge is -2.44. The lowest BCUT2D eigenvalue weighted by molar-refractivity contribution is -0.150. The van der Waals surface area contributed by atoms with Crippen LogP contribution >= 0.6 is 11.6 Å². The summed E-state index contributed by atoms with van der Waals surface area (Å²) in [4.78, 5) is 41.0. The van der Waals surface area contributed by atoms with Gasteiger partial charge in [-0.25, -0.2) is 0 Å². The number of amides is 2. The van der Waals surface area contributed by atoms with Crippen molar-refractivity contribution >= 4 is 40.6 Å². The third-order valence-corrected chi connectivity index (χ3v) is 7.17. The van der Waals surface area contributed by atoms with Gasteiger partial charge in [0.25, 0.3) is 0 Å². The molecule has 198 valence electrons. The number of benzene rings is 3. The Labute approximate surface area is 225 Å². The van der Waals surface area contributed by atoms with Gasteiger partial charge in [0.1, 0.15) is 23.2 Å². The summed E-state index contributed by atoms with van der Waals surface area (Å²) in [5.74, 6) is -4.46. The van der Waals surface area contributed by atoms with Crippen LogP contribution in [0, 0.1) is 11.8 Å².